The highest BCUT2D eigenvalue weighted by Crippen LogP contribution is 2.30. The summed E-state index contributed by atoms with van der Waals surface area (Å²) in [6.45, 7) is 3.77. The number of rotatable bonds is 21. The Kier molecular flexibility index (Phi) is 17.1. The molecule has 2 unspecified atom stereocenters. The van der Waals surface area contributed by atoms with Gasteiger partial charge in [0.25, 0.3) is 60.7 Å². The maximum absolute atomic E-state index is 12.9. The number of hydrogen-bond acceptors (Lipinski definition) is 23. The highest BCUT2D eigenvalue weighted by Gasteiger charge is 2.25. The number of aromatic nitrogens is 6. The number of nitrogens with zero attached hydrogens (tertiary/aromatic N) is 7. The third kappa shape index (κ3) is 15.5. The minimum absolute atomic E-state index is 0.00742. The van der Waals surface area contributed by atoms with Crippen molar-refractivity contribution in [2.24, 2.45) is 0 Å². The van der Waals surface area contributed by atoms with Crippen molar-refractivity contribution in [3.8, 4) is 0 Å². The predicted molar refractivity (Wildman–Crippen MR) is 266 cm³/mol. The van der Waals surface area contributed by atoms with Gasteiger partial charge in [0.05, 0.1) is 32.6 Å². The monoisotopic (exact) mass is 1170 g/mol. The number of aryl methyl sites for hydroxylation is 1. The highest BCUT2D eigenvalue weighted by molar-refractivity contribution is 7.87. The van der Waals surface area contributed by atoms with Crippen LogP contribution in [-0.2, 0) is 73.6 Å². The summed E-state index contributed by atoms with van der Waals surface area (Å²) >= 11 is 0. The van der Waals surface area contributed by atoms with E-state index in [-0.39, 0.29) is 70.4 Å². The summed E-state index contributed by atoms with van der Waals surface area (Å²) in [7, 11) is -30.0. The lowest BCUT2D eigenvalue weighted by molar-refractivity contribution is 0.177. The molecule has 6 aromatic rings. The highest BCUT2D eigenvalue weighted by atomic mass is 32.2. The van der Waals surface area contributed by atoms with Gasteiger partial charge >= 0.3 is 0 Å². The summed E-state index contributed by atoms with van der Waals surface area (Å²) in [5.41, 5.74) is -1.49. The first-order chi connectivity index (χ1) is 34.9. The van der Waals surface area contributed by atoms with E-state index in [9.17, 15) is 88.0 Å². The molecule has 0 saturated heterocycles. The van der Waals surface area contributed by atoms with Gasteiger partial charge in [0.2, 0.25) is 17.8 Å². The quantitative estimate of drug-likeness (QED) is 0.0365. The van der Waals surface area contributed by atoms with E-state index in [1.807, 2.05) is 0 Å². The van der Waals surface area contributed by atoms with Crippen LogP contribution in [0.15, 0.2) is 102 Å². The van der Waals surface area contributed by atoms with Gasteiger partial charge in [-0.25, -0.2) is 4.98 Å². The van der Waals surface area contributed by atoms with Crippen LogP contribution in [-0.4, -0.2) is 143 Å². The molecule has 2 heterocycles. The minimum Gasteiger partial charge on any atom is -0.392 e. The topological polar surface area (TPSA) is 471 Å². The zero-order valence-electron chi connectivity index (χ0n) is 39.1. The van der Waals surface area contributed by atoms with Crippen molar-refractivity contribution in [1.82, 2.24) is 29.9 Å². The van der Waals surface area contributed by atoms with Crippen LogP contribution in [0.25, 0.3) is 12.2 Å². The molecule has 2 aromatic heterocycles. The van der Waals surface area contributed by atoms with Crippen LogP contribution < -0.4 is 15.5 Å². The van der Waals surface area contributed by atoms with Crippen molar-refractivity contribution < 1.29 is 88.0 Å². The Morgan fingerprint density at radius 1 is 0.500 bits per heavy atom. The molecule has 6 rings (SSSR count). The van der Waals surface area contributed by atoms with Gasteiger partial charge in [-0.1, -0.05) is 30.4 Å². The van der Waals surface area contributed by atoms with E-state index in [0.29, 0.717) is 18.2 Å². The molecule has 408 valence electrons. The van der Waals surface area contributed by atoms with Crippen LogP contribution in [0.2, 0.25) is 0 Å². The smallest absolute Gasteiger partial charge is 0.296 e. The van der Waals surface area contributed by atoms with E-state index in [0.717, 1.165) is 48.6 Å². The van der Waals surface area contributed by atoms with E-state index < -0.39 is 127 Å². The number of aliphatic hydroxyl groups excluding tert-OH is 2. The Morgan fingerprint density at radius 3 is 1.51 bits per heavy atom. The lowest BCUT2D eigenvalue weighted by Crippen LogP contribution is -2.38. The summed E-state index contributed by atoms with van der Waals surface area (Å²) < 4.78 is 207. The second-order valence-corrected chi connectivity index (χ2v) is 24.8. The fourth-order valence-electron chi connectivity index (χ4n) is 7.14. The number of benzene rings is 4. The van der Waals surface area contributed by atoms with E-state index in [1.165, 1.54) is 43.9 Å². The second-order valence-electron chi connectivity index (χ2n) is 16.4. The lowest BCUT2D eigenvalue weighted by Gasteiger charge is -2.26. The van der Waals surface area contributed by atoms with Crippen LogP contribution >= 0.6 is 0 Å². The molecule has 0 fully saturated rings. The number of hydrogen-bond donors (Lipinski definition) is 10. The minimum atomic E-state index is -5.12. The number of aliphatic hydroxyl groups is 2. The third-order valence-corrected chi connectivity index (χ3v) is 15.5. The van der Waals surface area contributed by atoms with Crippen molar-refractivity contribution >= 4 is 102 Å². The van der Waals surface area contributed by atoms with Crippen LogP contribution in [0.5, 0.6) is 0 Å². The molecule has 0 aliphatic carbocycles. The number of nitrogens with one attached hydrogen (secondary N) is 2. The summed E-state index contributed by atoms with van der Waals surface area (Å²) in [5, 5.41) is 25.7. The van der Waals surface area contributed by atoms with E-state index in [2.05, 4.69) is 40.5 Å². The fourth-order valence-corrected chi connectivity index (χ4v) is 10.9. The molecule has 0 radical (unpaired) electrons. The summed E-state index contributed by atoms with van der Waals surface area (Å²) in [5.74, 6) is -1.51. The normalized spacial score (nSPS) is 13.6. The van der Waals surface area contributed by atoms with Crippen molar-refractivity contribution in [2.75, 3.05) is 28.6 Å². The standard InChI is InChI=1S/C41H43N9O20S6/c1-22(51)20-50(21-23(2)52)41-48-37(46-40(49-41)45-32-19-31(72(56,57)58)11-13-34(32)74(62,63)64)15-25-4-5-26(35(14-25)75(65,66)67)6-7-27-8-9-29(18-36(27)76(68,69)70)44-39-43-24(3)42-38(47-39)17-28-16-30(71(53,54)55)10-12-33(28)73(59,60)61/h4-14,16,18-19,22-23,51-52H,15,17,20-21H2,1-3H3,(H,53,54,55)(H,56,57,58)(H,59,60,61)(H,62,63,64)(H,65,66,67)(H,68,69,70)(H,42,43,44,47)(H,45,46,48,49)/b7-6+. The Bertz CT molecular complexity index is 3990. The van der Waals surface area contributed by atoms with Crippen molar-refractivity contribution in [3.63, 3.8) is 0 Å². The summed E-state index contributed by atoms with van der Waals surface area (Å²) in [6.07, 6.45) is -0.942. The number of anilines is 5. The maximum Gasteiger partial charge on any atom is 0.296 e. The molecule has 76 heavy (non-hydrogen) atoms. The van der Waals surface area contributed by atoms with Gasteiger partial charge in [-0.3, -0.25) is 27.3 Å². The van der Waals surface area contributed by atoms with Gasteiger partial charge in [-0.05, 0) is 97.6 Å². The van der Waals surface area contributed by atoms with E-state index >= 15 is 0 Å². The molecule has 0 saturated carbocycles. The molecule has 0 aliphatic rings. The zero-order chi connectivity index (χ0) is 56.5. The van der Waals surface area contributed by atoms with Crippen molar-refractivity contribution in [2.45, 2.75) is 75.2 Å². The molecule has 10 N–H and O–H groups in total. The summed E-state index contributed by atoms with van der Waals surface area (Å²) in [6, 6.07) is 11.1. The van der Waals surface area contributed by atoms with Crippen LogP contribution in [0, 0.1) is 6.92 Å². The Hall–Kier alpha value is -6.58. The van der Waals surface area contributed by atoms with Crippen molar-refractivity contribution in [3.05, 3.63) is 113 Å². The van der Waals surface area contributed by atoms with Gasteiger partial charge in [-0.15, -0.1) is 0 Å². The lowest BCUT2D eigenvalue weighted by atomic mass is 10.1. The molecule has 0 spiro atoms. The second kappa shape index (κ2) is 22.2. The average molecular weight is 1170 g/mol. The van der Waals surface area contributed by atoms with Gasteiger partial charge < -0.3 is 25.7 Å². The molecule has 0 amide bonds. The average Bonchev–Trinajstić information content (AvgIpc) is 3.26. The van der Waals surface area contributed by atoms with Gasteiger partial charge in [0, 0.05) is 31.6 Å². The molecular weight excluding hydrogens is 1130 g/mol. The van der Waals surface area contributed by atoms with Crippen molar-refractivity contribution in [1.29, 1.82) is 0 Å². The SMILES string of the molecule is Cc1nc(Cc2cc(S(=O)(=O)O)ccc2S(=O)(=O)O)nc(Nc2ccc(/C=C/c3ccc(Cc4nc(Nc5cc(S(=O)(=O)O)ccc5S(=O)(=O)O)nc(N(CC(C)O)CC(C)O)n4)cc3S(=O)(=O)O)c(S(=O)(=O)O)c2)n1. The molecule has 29 nitrogen and oxygen atoms in total. The van der Waals surface area contributed by atoms with E-state index in [1.54, 1.807) is 0 Å². The molecule has 0 aliphatic heterocycles. The fraction of sp³-hybridized carbons (Fsp3) is 0.220. The largest absolute Gasteiger partial charge is 0.392 e. The van der Waals surface area contributed by atoms with Gasteiger partial charge in [0.15, 0.2) is 0 Å². The first kappa shape index (κ1) is 58.7. The van der Waals surface area contributed by atoms with Crippen LogP contribution in [0.4, 0.5) is 29.2 Å². The van der Waals surface area contributed by atoms with Gasteiger partial charge in [-0.2, -0.15) is 75.4 Å². The molecule has 0 bridgehead atoms. The van der Waals surface area contributed by atoms with Crippen LogP contribution in [0.3, 0.4) is 0 Å². The first-order valence-corrected chi connectivity index (χ1v) is 29.8. The van der Waals surface area contributed by atoms with Gasteiger partial charge in [0.1, 0.15) is 32.2 Å². The Morgan fingerprint density at radius 2 is 0.987 bits per heavy atom. The third-order valence-electron chi connectivity index (χ3n) is 10.2. The molecular formula is C41H43N9O20S6. The Balaban J connectivity index is 1.35. The first-order valence-electron chi connectivity index (χ1n) is 21.1. The molecule has 4 aromatic carbocycles. The molecule has 2 atom stereocenters. The molecule has 35 heteroatoms. The Labute approximate surface area is 434 Å². The van der Waals surface area contributed by atoms with E-state index in [4.69, 9.17) is 0 Å². The predicted octanol–water partition coefficient (Wildman–Crippen LogP) is 2.25. The zero-order valence-corrected chi connectivity index (χ0v) is 44.0. The van der Waals surface area contributed by atoms with Crippen LogP contribution in [0.1, 0.15) is 53.6 Å². The maximum atomic E-state index is 12.9. The summed E-state index contributed by atoms with van der Waals surface area (Å²) in [4.78, 5) is 21.8.